The van der Waals surface area contributed by atoms with E-state index in [-0.39, 0.29) is 12.4 Å². The second kappa shape index (κ2) is 12.9. The van der Waals surface area contributed by atoms with Crippen LogP contribution in [-0.2, 0) is 27.6 Å². The van der Waals surface area contributed by atoms with Gasteiger partial charge in [0.1, 0.15) is 0 Å². The lowest BCUT2D eigenvalue weighted by atomic mass is 10.2. The molecule has 0 spiro atoms. The van der Waals surface area contributed by atoms with Crippen molar-refractivity contribution in [2.45, 2.75) is 13.2 Å². The predicted molar refractivity (Wildman–Crippen MR) is 128 cm³/mol. The van der Waals surface area contributed by atoms with Crippen molar-refractivity contribution in [1.82, 2.24) is 10.1 Å². The Hall–Kier alpha value is -2.83. The van der Waals surface area contributed by atoms with Crippen LogP contribution in [0, 0.1) is 0 Å². The van der Waals surface area contributed by atoms with Gasteiger partial charge in [0.15, 0.2) is 0 Å². The van der Waals surface area contributed by atoms with E-state index in [1.165, 1.54) is 11.1 Å². The first-order chi connectivity index (χ1) is 15.3. The van der Waals surface area contributed by atoms with Crippen LogP contribution in [0.15, 0.2) is 109 Å². The molecule has 0 amide bonds. The number of nitrogens with zero attached hydrogens (tertiary/aromatic N) is 2. The Morgan fingerprint density at radius 3 is 1.47 bits per heavy atom. The van der Waals surface area contributed by atoms with E-state index >= 15 is 0 Å². The maximum absolute atomic E-state index is 5.97. The van der Waals surface area contributed by atoms with Gasteiger partial charge in [0.25, 0.3) is 0 Å². The fourth-order valence-electron chi connectivity index (χ4n) is 3.30. The molecule has 32 heavy (non-hydrogen) atoms. The molecule has 0 fully saturated rings. The first kappa shape index (κ1) is 23.8. The molecular weight excluding hydrogens is 424 g/mol. The van der Waals surface area contributed by atoms with E-state index in [1.807, 2.05) is 71.1 Å². The molecule has 6 heteroatoms. The first-order valence-electron chi connectivity index (χ1n) is 10.5. The Labute approximate surface area is 196 Å². The van der Waals surface area contributed by atoms with Crippen molar-refractivity contribution in [3.63, 3.8) is 0 Å². The summed E-state index contributed by atoms with van der Waals surface area (Å²) in [6.45, 7) is 3.65. The van der Waals surface area contributed by atoms with Crippen LogP contribution >= 0.6 is 12.4 Å². The smallest absolute Gasteiger partial charge is 0.0999 e. The molecule has 0 saturated carbocycles. The number of allylic oxidation sites excluding steroid dienone is 4. The largest absolute Gasteiger partial charge is 0.373 e. The van der Waals surface area contributed by atoms with E-state index in [2.05, 4.69) is 36.4 Å². The summed E-state index contributed by atoms with van der Waals surface area (Å²) >= 11 is 0. The van der Waals surface area contributed by atoms with Gasteiger partial charge in [-0.2, -0.15) is 0 Å². The zero-order chi connectivity index (χ0) is 21.1. The van der Waals surface area contributed by atoms with Crippen LogP contribution < -0.4 is 0 Å². The van der Waals surface area contributed by atoms with Gasteiger partial charge in [-0.05, 0) is 34.4 Å². The molecule has 0 bridgehead atoms. The summed E-state index contributed by atoms with van der Waals surface area (Å²) in [5, 5.41) is 3.71. The van der Waals surface area contributed by atoms with Gasteiger partial charge in [-0.3, -0.25) is 19.8 Å². The third-order valence-corrected chi connectivity index (χ3v) is 4.94. The average molecular weight is 453 g/mol. The Morgan fingerprint density at radius 1 is 0.594 bits per heavy atom. The third-order valence-electron chi connectivity index (χ3n) is 4.94. The van der Waals surface area contributed by atoms with Crippen molar-refractivity contribution < 1.29 is 14.4 Å². The highest BCUT2D eigenvalue weighted by Gasteiger charge is 2.12. The minimum Gasteiger partial charge on any atom is -0.373 e. The van der Waals surface area contributed by atoms with E-state index in [0.29, 0.717) is 39.5 Å². The topological polar surface area (TPSA) is 34.2 Å². The third kappa shape index (κ3) is 7.70. The lowest BCUT2D eigenvalue weighted by Crippen LogP contribution is -2.26. The molecule has 2 aromatic carbocycles. The molecule has 2 aromatic rings. The van der Waals surface area contributed by atoms with E-state index in [1.54, 1.807) is 0 Å². The second-order valence-electron chi connectivity index (χ2n) is 7.49. The zero-order valence-corrected chi connectivity index (χ0v) is 18.8. The molecule has 0 unspecified atom stereocenters. The minimum atomic E-state index is 0. The second-order valence-corrected chi connectivity index (χ2v) is 7.49. The van der Waals surface area contributed by atoms with Crippen LogP contribution in [0.3, 0.4) is 0 Å². The number of halogens is 1. The molecule has 0 aliphatic carbocycles. The number of hydrogen-bond acceptors (Lipinski definition) is 5. The monoisotopic (exact) mass is 452 g/mol. The summed E-state index contributed by atoms with van der Waals surface area (Å²) in [4.78, 5) is 11.8. The van der Waals surface area contributed by atoms with E-state index in [4.69, 9.17) is 14.4 Å². The molecule has 0 radical (unpaired) electrons. The molecule has 2 heterocycles. The van der Waals surface area contributed by atoms with Crippen molar-refractivity contribution in [2.75, 3.05) is 26.3 Å². The van der Waals surface area contributed by atoms with Gasteiger partial charge in [0.05, 0.1) is 39.5 Å². The van der Waals surface area contributed by atoms with Gasteiger partial charge in [-0.1, -0.05) is 72.8 Å². The van der Waals surface area contributed by atoms with Crippen LogP contribution in [0.5, 0.6) is 0 Å². The number of hydrogen-bond donors (Lipinski definition) is 0. The molecule has 4 rings (SSSR count). The molecule has 0 aromatic heterocycles. The summed E-state index contributed by atoms with van der Waals surface area (Å²) in [5.41, 5.74) is 4.67. The van der Waals surface area contributed by atoms with Crippen molar-refractivity contribution >= 4 is 12.4 Å². The molecule has 168 valence electrons. The van der Waals surface area contributed by atoms with E-state index in [9.17, 15) is 0 Å². The van der Waals surface area contributed by atoms with Crippen LogP contribution in [-0.4, -0.2) is 36.4 Å². The predicted octanol–water partition coefficient (Wildman–Crippen LogP) is 5.20. The lowest BCUT2D eigenvalue weighted by Gasteiger charge is -2.25. The van der Waals surface area contributed by atoms with Crippen molar-refractivity contribution in [3.8, 4) is 0 Å². The van der Waals surface area contributed by atoms with Gasteiger partial charge >= 0.3 is 0 Å². The van der Waals surface area contributed by atoms with Crippen LogP contribution in [0.4, 0.5) is 0 Å². The summed E-state index contributed by atoms with van der Waals surface area (Å²) < 4.78 is 5.97. The van der Waals surface area contributed by atoms with Crippen molar-refractivity contribution in [3.05, 3.63) is 120 Å². The molecule has 0 N–H and O–H groups in total. The highest BCUT2D eigenvalue weighted by molar-refractivity contribution is 5.85. The minimum absolute atomic E-state index is 0. The summed E-state index contributed by atoms with van der Waals surface area (Å²) in [5.74, 6) is 0. The fraction of sp³-hybridized carbons (Fsp3) is 0.231. The normalized spacial score (nSPS) is 15.2. The first-order valence-corrected chi connectivity index (χ1v) is 10.5. The van der Waals surface area contributed by atoms with Crippen molar-refractivity contribution in [2.24, 2.45) is 0 Å². The SMILES string of the molecule is C1=CN(OCc2ccccc2)CC(COCC2=CC=CN(OCc3ccccc3)C2)=C1.Cl. The molecule has 0 saturated heterocycles. The maximum atomic E-state index is 5.97. The quantitative estimate of drug-likeness (QED) is 0.495. The maximum Gasteiger partial charge on any atom is 0.0999 e. The highest BCUT2D eigenvalue weighted by Crippen LogP contribution is 2.14. The zero-order valence-electron chi connectivity index (χ0n) is 18.0. The molecule has 5 nitrogen and oxygen atoms in total. The summed E-state index contributed by atoms with van der Waals surface area (Å²) in [6.07, 6.45) is 12.1. The fourth-order valence-corrected chi connectivity index (χ4v) is 3.30. The van der Waals surface area contributed by atoms with Gasteiger partial charge in [-0.25, -0.2) is 0 Å². The number of hydroxylamine groups is 4. The highest BCUT2D eigenvalue weighted by atomic mass is 35.5. The van der Waals surface area contributed by atoms with Gasteiger partial charge < -0.3 is 4.74 Å². The molecule has 2 aliphatic heterocycles. The van der Waals surface area contributed by atoms with Crippen molar-refractivity contribution in [1.29, 1.82) is 0 Å². The van der Waals surface area contributed by atoms with Crippen LogP contribution in [0.2, 0.25) is 0 Å². The Kier molecular flexibility index (Phi) is 9.60. The number of ether oxygens (including phenoxy) is 1. The van der Waals surface area contributed by atoms with E-state index < -0.39 is 0 Å². The molecule has 2 aliphatic rings. The summed E-state index contributed by atoms with van der Waals surface area (Å²) in [6, 6.07) is 20.3. The molecule has 0 atom stereocenters. The Balaban J connectivity index is 0.00000289. The van der Waals surface area contributed by atoms with E-state index in [0.717, 1.165) is 11.1 Å². The van der Waals surface area contributed by atoms with Gasteiger partial charge in [0.2, 0.25) is 0 Å². The standard InChI is InChI=1S/C26H28N2O3.ClH/c1-3-9-23(10-4-1)21-30-27-15-7-13-25(17-27)19-29-20-26-14-8-16-28(18-26)31-22-24-11-5-2-6-12-24;/h1-16H,17-22H2;1H. The number of rotatable bonds is 10. The Morgan fingerprint density at radius 2 is 1.03 bits per heavy atom. The van der Waals surface area contributed by atoms with Crippen LogP contribution in [0.1, 0.15) is 11.1 Å². The average Bonchev–Trinajstić information content (AvgIpc) is 2.83. The van der Waals surface area contributed by atoms with Crippen LogP contribution in [0.25, 0.3) is 0 Å². The molecular formula is C26H29ClN2O3. The summed E-state index contributed by atoms with van der Waals surface area (Å²) in [7, 11) is 0. The number of benzene rings is 2. The lowest BCUT2D eigenvalue weighted by molar-refractivity contribution is -0.129. The van der Waals surface area contributed by atoms with Gasteiger partial charge in [-0.15, -0.1) is 12.4 Å². The van der Waals surface area contributed by atoms with Gasteiger partial charge in [0, 0.05) is 12.4 Å². The Bertz CT molecular complexity index is 865.